The molecule has 1 aliphatic carbocycles. The lowest BCUT2D eigenvalue weighted by Crippen LogP contribution is -2.54. The lowest BCUT2D eigenvalue weighted by Gasteiger charge is -2.51. The Morgan fingerprint density at radius 3 is 2.86 bits per heavy atom. The zero-order valence-electron chi connectivity index (χ0n) is 13.6. The van der Waals surface area contributed by atoms with Crippen LogP contribution in [-0.2, 0) is 16.0 Å². The average Bonchev–Trinajstić information content (AvgIpc) is 2.45. The van der Waals surface area contributed by atoms with E-state index < -0.39 is 11.0 Å². The zero-order chi connectivity index (χ0) is 16.0. The Balaban J connectivity index is 1.94. The van der Waals surface area contributed by atoms with E-state index in [4.69, 9.17) is 9.47 Å². The Labute approximate surface area is 132 Å². The number of hydrogen-bond donors (Lipinski definition) is 0. The molecule has 3 atom stereocenters. The monoisotopic (exact) mass is 300 g/mol. The third-order valence-corrected chi connectivity index (χ3v) is 5.10. The van der Waals surface area contributed by atoms with Crippen molar-refractivity contribution < 1.29 is 14.3 Å². The fourth-order valence-electron chi connectivity index (χ4n) is 4.18. The van der Waals surface area contributed by atoms with Crippen LogP contribution in [0.3, 0.4) is 0 Å². The van der Waals surface area contributed by atoms with Crippen molar-refractivity contribution in [2.24, 2.45) is 11.3 Å². The molecular formula is C19H24O3. The molecule has 0 saturated heterocycles. The van der Waals surface area contributed by atoms with E-state index in [-0.39, 0.29) is 11.9 Å². The normalized spacial score (nSPS) is 33.4. The maximum atomic E-state index is 12.4. The molecule has 1 unspecified atom stereocenters. The second-order valence-corrected chi connectivity index (χ2v) is 7.07. The van der Waals surface area contributed by atoms with Crippen LogP contribution in [-0.4, -0.2) is 18.2 Å². The molecular weight excluding hydrogens is 276 g/mol. The number of esters is 1. The summed E-state index contributed by atoms with van der Waals surface area (Å²) < 4.78 is 11.6. The highest BCUT2D eigenvalue weighted by Crippen LogP contribution is 2.53. The minimum atomic E-state index is -0.551. The van der Waals surface area contributed by atoms with Crippen molar-refractivity contribution in [2.45, 2.75) is 45.6 Å². The van der Waals surface area contributed by atoms with Crippen LogP contribution < -0.4 is 4.74 Å². The van der Waals surface area contributed by atoms with Gasteiger partial charge in [0.15, 0.2) is 0 Å². The summed E-state index contributed by atoms with van der Waals surface area (Å²) >= 11 is 0. The highest BCUT2D eigenvalue weighted by atomic mass is 16.5. The molecule has 3 heteroatoms. The van der Waals surface area contributed by atoms with Crippen molar-refractivity contribution in [3.8, 4) is 5.75 Å². The van der Waals surface area contributed by atoms with Crippen LogP contribution in [0.25, 0.3) is 0 Å². The molecule has 1 aliphatic heterocycles. The van der Waals surface area contributed by atoms with E-state index in [1.807, 2.05) is 32.0 Å². The van der Waals surface area contributed by atoms with E-state index in [0.29, 0.717) is 19.4 Å². The molecule has 0 amide bonds. The molecule has 0 aromatic heterocycles. The average molecular weight is 300 g/mol. The molecule has 0 bridgehead atoms. The van der Waals surface area contributed by atoms with Gasteiger partial charge in [0, 0.05) is 12.3 Å². The maximum absolute atomic E-state index is 12.4. The van der Waals surface area contributed by atoms with Gasteiger partial charge >= 0.3 is 5.97 Å². The van der Waals surface area contributed by atoms with Crippen molar-refractivity contribution in [2.75, 3.05) is 6.61 Å². The molecule has 1 heterocycles. The first-order valence-corrected chi connectivity index (χ1v) is 8.00. The van der Waals surface area contributed by atoms with Crippen LogP contribution in [0.2, 0.25) is 0 Å². The van der Waals surface area contributed by atoms with Gasteiger partial charge in [-0.3, -0.25) is 4.79 Å². The van der Waals surface area contributed by atoms with E-state index in [1.54, 1.807) is 0 Å². The maximum Gasteiger partial charge on any atom is 0.312 e. The van der Waals surface area contributed by atoms with Gasteiger partial charge in [-0.05, 0) is 45.2 Å². The highest BCUT2D eigenvalue weighted by molar-refractivity contribution is 5.77. The SMILES string of the molecule is C=C1CC(C)(C(=O)OCC)C[C@@]2(C)Oc3ccccc3C[C@H]12. The Hall–Kier alpha value is -1.77. The molecule has 0 radical (unpaired) electrons. The lowest BCUT2D eigenvalue weighted by molar-refractivity contribution is -0.161. The standard InChI is InChI=1S/C19H24O3/c1-5-21-17(20)18(3)11-13(2)15-10-14-8-6-7-9-16(14)22-19(15,4)12-18/h6-9,15H,2,5,10-12H2,1,3-4H3/t15-,18?,19-/m1/s1. The molecule has 1 aromatic carbocycles. The van der Waals surface area contributed by atoms with Crippen LogP contribution in [0.15, 0.2) is 36.4 Å². The quantitative estimate of drug-likeness (QED) is 0.613. The highest BCUT2D eigenvalue weighted by Gasteiger charge is 2.54. The summed E-state index contributed by atoms with van der Waals surface area (Å²) in [4.78, 5) is 12.4. The molecule has 3 nitrogen and oxygen atoms in total. The number of benzene rings is 1. The number of carbonyl (C=O) groups excluding carboxylic acids is 1. The number of hydrogen-bond acceptors (Lipinski definition) is 3. The van der Waals surface area contributed by atoms with Gasteiger partial charge in [-0.25, -0.2) is 0 Å². The molecule has 0 N–H and O–H groups in total. The molecule has 22 heavy (non-hydrogen) atoms. The van der Waals surface area contributed by atoms with Crippen molar-refractivity contribution in [1.82, 2.24) is 0 Å². The largest absolute Gasteiger partial charge is 0.487 e. The summed E-state index contributed by atoms with van der Waals surface area (Å²) in [7, 11) is 0. The molecule has 3 rings (SSSR count). The predicted octanol–water partition coefficient (Wildman–Crippen LogP) is 3.92. The van der Waals surface area contributed by atoms with E-state index in [9.17, 15) is 4.79 Å². The minimum Gasteiger partial charge on any atom is -0.487 e. The third-order valence-electron chi connectivity index (χ3n) is 5.10. The first-order chi connectivity index (χ1) is 10.4. The molecule has 118 valence electrons. The third kappa shape index (κ3) is 2.33. The first-order valence-electron chi connectivity index (χ1n) is 8.00. The van der Waals surface area contributed by atoms with Crippen LogP contribution in [0, 0.1) is 11.3 Å². The van der Waals surface area contributed by atoms with E-state index in [2.05, 4.69) is 19.6 Å². The molecule has 1 saturated carbocycles. The fourth-order valence-corrected chi connectivity index (χ4v) is 4.18. The number of rotatable bonds is 2. The van der Waals surface area contributed by atoms with E-state index >= 15 is 0 Å². The van der Waals surface area contributed by atoms with Crippen LogP contribution in [0.4, 0.5) is 0 Å². The summed E-state index contributed by atoms with van der Waals surface area (Å²) in [6.45, 7) is 10.6. The van der Waals surface area contributed by atoms with Gasteiger partial charge in [0.2, 0.25) is 0 Å². The molecule has 2 aliphatic rings. The van der Waals surface area contributed by atoms with Gasteiger partial charge in [-0.1, -0.05) is 30.4 Å². The van der Waals surface area contributed by atoms with Crippen molar-refractivity contribution in [3.05, 3.63) is 42.0 Å². The van der Waals surface area contributed by atoms with Crippen LogP contribution in [0.5, 0.6) is 5.75 Å². The van der Waals surface area contributed by atoms with Crippen LogP contribution >= 0.6 is 0 Å². The summed E-state index contributed by atoms with van der Waals surface area (Å²) in [6.07, 6.45) is 2.28. The second-order valence-electron chi connectivity index (χ2n) is 7.07. The molecule has 0 spiro atoms. The van der Waals surface area contributed by atoms with E-state index in [1.165, 1.54) is 5.56 Å². The number of para-hydroxylation sites is 1. The Kier molecular flexibility index (Phi) is 3.54. The fraction of sp³-hybridized carbons (Fsp3) is 0.526. The van der Waals surface area contributed by atoms with Crippen molar-refractivity contribution in [3.63, 3.8) is 0 Å². The Bertz CT molecular complexity index is 621. The molecule has 1 aromatic rings. The van der Waals surface area contributed by atoms with E-state index in [0.717, 1.165) is 17.7 Å². The second kappa shape index (κ2) is 5.15. The summed E-state index contributed by atoms with van der Waals surface area (Å²) in [5.74, 6) is 1.05. The Morgan fingerprint density at radius 2 is 2.14 bits per heavy atom. The number of fused-ring (bicyclic) bond motifs is 2. The van der Waals surface area contributed by atoms with Gasteiger partial charge in [0.1, 0.15) is 11.4 Å². The van der Waals surface area contributed by atoms with Gasteiger partial charge in [0.05, 0.1) is 12.0 Å². The minimum absolute atomic E-state index is 0.140. The summed E-state index contributed by atoms with van der Waals surface area (Å²) in [5.41, 5.74) is 1.38. The van der Waals surface area contributed by atoms with Crippen molar-refractivity contribution >= 4 is 5.97 Å². The van der Waals surface area contributed by atoms with Crippen molar-refractivity contribution in [1.29, 1.82) is 0 Å². The van der Waals surface area contributed by atoms with Gasteiger partial charge < -0.3 is 9.47 Å². The zero-order valence-corrected chi connectivity index (χ0v) is 13.6. The van der Waals surface area contributed by atoms with Gasteiger partial charge in [-0.15, -0.1) is 0 Å². The topological polar surface area (TPSA) is 35.5 Å². The molecule has 1 fully saturated rings. The van der Waals surface area contributed by atoms with Gasteiger partial charge in [-0.2, -0.15) is 0 Å². The number of ether oxygens (including phenoxy) is 2. The Morgan fingerprint density at radius 1 is 1.41 bits per heavy atom. The predicted molar refractivity (Wildman–Crippen MR) is 85.8 cm³/mol. The van der Waals surface area contributed by atoms with Gasteiger partial charge in [0.25, 0.3) is 0 Å². The van der Waals surface area contributed by atoms with Crippen LogP contribution in [0.1, 0.15) is 39.2 Å². The summed E-state index contributed by atoms with van der Waals surface area (Å²) in [6, 6.07) is 8.15. The first kappa shape index (κ1) is 15.1. The number of carbonyl (C=O) groups is 1. The summed E-state index contributed by atoms with van der Waals surface area (Å²) in [5, 5.41) is 0. The lowest BCUT2D eigenvalue weighted by atomic mass is 9.60. The smallest absolute Gasteiger partial charge is 0.312 e.